The monoisotopic (exact) mass is 515 g/mol. The lowest BCUT2D eigenvalue weighted by atomic mass is 9.86. The van der Waals surface area contributed by atoms with Crippen LogP contribution in [-0.4, -0.2) is 56.0 Å². The lowest BCUT2D eigenvalue weighted by Gasteiger charge is -2.44. The fraction of sp³-hybridized carbons (Fsp3) is 0.344. The molecule has 0 saturated carbocycles. The van der Waals surface area contributed by atoms with Crippen molar-refractivity contribution in [3.05, 3.63) is 82.9 Å². The van der Waals surface area contributed by atoms with Crippen LogP contribution < -0.4 is 9.47 Å². The van der Waals surface area contributed by atoms with Crippen LogP contribution in [0.25, 0.3) is 23.3 Å². The van der Waals surface area contributed by atoms with Crippen LogP contribution in [0, 0.1) is 6.92 Å². The second-order valence-electron chi connectivity index (χ2n) is 9.68. The second kappa shape index (κ2) is 12.3. The van der Waals surface area contributed by atoms with Crippen LogP contribution in [0.3, 0.4) is 0 Å². The van der Waals surface area contributed by atoms with Gasteiger partial charge in [0.05, 0.1) is 33.5 Å². The van der Waals surface area contributed by atoms with Gasteiger partial charge in [-0.05, 0) is 72.7 Å². The number of methoxy groups -OCH3 is 3. The summed E-state index contributed by atoms with van der Waals surface area (Å²) in [6.07, 6.45) is 6.50. The van der Waals surface area contributed by atoms with E-state index in [-0.39, 0.29) is 6.61 Å². The first-order valence-electron chi connectivity index (χ1n) is 13.0. The van der Waals surface area contributed by atoms with Gasteiger partial charge in [0.1, 0.15) is 17.0 Å². The Labute approximate surface area is 225 Å². The van der Waals surface area contributed by atoms with Crippen LogP contribution >= 0.6 is 0 Å². The predicted molar refractivity (Wildman–Crippen MR) is 151 cm³/mol. The van der Waals surface area contributed by atoms with Gasteiger partial charge < -0.3 is 19.3 Å². The maximum absolute atomic E-state index is 12.7. The number of esters is 1. The van der Waals surface area contributed by atoms with Gasteiger partial charge in [-0.2, -0.15) is 0 Å². The number of aliphatic hydroxyl groups is 1. The molecule has 1 saturated heterocycles. The SMILES string of the molecule is COC(=O)C1(CO)CCCCN1Cc1c(OC)cc(/C=C/c2cccc(-c3ccccc3)c2C)cc1OC. The van der Waals surface area contributed by atoms with Crippen LogP contribution in [0.2, 0.25) is 0 Å². The third-order valence-corrected chi connectivity index (χ3v) is 7.60. The molecule has 4 rings (SSSR count). The molecule has 0 spiro atoms. The van der Waals surface area contributed by atoms with E-state index in [9.17, 15) is 9.90 Å². The normalized spacial score (nSPS) is 17.9. The fourth-order valence-electron chi connectivity index (χ4n) is 5.39. The quantitative estimate of drug-likeness (QED) is 0.290. The molecule has 0 bridgehead atoms. The van der Waals surface area contributed by atoms with Gasteiger partial charge in [-0.15, -0.1) is 0 Å². The summed E-state index contributed by atoms with van der Waals surface area (Å²) in [4.78, 5) is 14.7. The molecule has 3 aromatic rings. The molecule has 0 aliphatic carbocycles. The van der Waals surface area contributed by atoms with Crippen LogP contribution in [0.4, 0.5) is 0 Å². The molecule has 1 aliphatic heterocycles. The van der Waals surface area contributed by atoms with Crippen molar-refractivity contribution < 1.29 is 24.1 Å². The number of ether oxygens (including phenoxy) is 3. The number of hydrogen-bond acceptors (Lipinski definition) is 6. The van der Waals surface area contributed by atoms with Gasteiger partial charge in [-0.1, -0.05) is 60.7 Å². The van der Waals surface area contributed by atoms with Crippen molar-refractivity contribution >= 4 is 18.1 Å². The molecule has 6 heteroatoms. The lowest BCUT2D eigenvalue weighted by Crippen LogP contribution is -2.59. The first kappa shape index (κ1) is 27.4. The van der Waals surface area contributed by atoms with Crippen LogP contribution in [0.1, 0.15) is 41.5 Å². The smallest absolute Gasteiger partial charge is 0.328 e. The van der Waals surface area contributed by atoms with E-state index in [2.05, 4.69) is 61.5 Å². The summed E-state index contributed by atoms with van der Waals surface area (Å²) in [7, 11) is 4.64. The number of carbonyl (C=O) groups excluding carboxylic acids is 1. The number of nitrogens with zero attached hydrogens (tertiary/aromatic N) is 1. The summed E-state index contributed by atoms with van der Waals surface area (Å²) >= 11 is 0. The Bertz CT molecular complexity index is 1260. The first-order chi connectivity index (χ1) is 18.5. The highest BCUT2D eigenvalue weighted by Gasteiger charge is 2.46. The zero-order chi connectivity index (χ0) is 27.1. The second-order valence-corrected chi connectivity index (χ2v) is 9.68. The molecule has 3 aromatic carbocycles. The largest absolute Gasteiger partial charge is 0.496 e. The highest BCUT2D eigenvalue weighted by atomic mass is 16.5. The molecule has 1 fully saturated rings. The van der Waals surface area contributed by atoms with E-state index in [1.165, 1.54) is 23.8 Å². The van der Waals surface area contributed by atoms with E-state index >= 15 is 0 Å². The average molecular weight is 516 g/mol. The van der Waals surface area contributed by atoms with Gasteiger partial charge in [-0.25, -0.2) is 4.79 Å². The molecule has 6 nitrogen and oxygen atoms in total. The summed E-state index contributed by atoms with van der Waals surface area (Å²) < 4.78 is 16.7. The number of hydrogen-bond donors (Lipinski definition) is 1. The number of rotatable bonds is 9. The summed E-state index contributed by atoms with van der Waals surface area (Å²) in [6.45, 7) is 2.90. The Hall–Kier alpha value is -3.61. The van der Waals surface area contributed by atoms with Crippen molar-refractivity contribution in [1.29, 1.82) is 0 Å². The van der Waals surface area contributed by atoms with Gasteiger partial charge in [0.25, 0.3) is 0 Å². The van der Waals surface area contributed by atoms with Gasteiger partial charge in [0, 0.05) is 6.54 Å². The minimum atomic E-state index is -1.07. The number of likely N-dealkylation sites (tertiary alicyclic amines) is 1. The summed E-state index contributed by atoms with van der Waals surface area (Å²) in [5.74, 6) is 0.923. The van der Waals surface area contributed by atoms with Gasteiger partial charge in [-0.3, -0.25) is 4.90 Å². The topological polar surface area (TPSA) is 68.2 Å². The minimum absolute atomic E-state index is 0.299. The fourth-order valence-corrected chi connectivity index (χ4v) is 5.39. The van der Waals surface area contributed by atoms with E-state index < -0.39 is 11.5 Å². The first-order valence-corrected chi connectivity index (χ1v) is 13.0. The third-order valence-electron chi connectivity index (χ3n) is 7.60. The van der Waals surface area contributed by atoms with Crippen molar-refractivity contribution in [2.45, 2.75) is 38.3 Å². The molecule has 1 atom stereocenters. The van der Waals surface area contributed by atoms with E-state index in [4.69, 9.17) is 14.2 Å². The molecular formula is C32H37NO5. The molecule has 1 unspecified atom stereocenters. The Morgan fingerprint density at radius 2 is 1.68 bits per heavy atom. The summed E-state index contributed by atoms with van der Waals surface area (Å²) in [5, 5.41) is 10.3. The molecule has 0 amide bonds. The molecular weight excluding hydrogens is 478 g/mol. The van der Waals surface area contributed by atoms with Crippen molar-refractivity contribution in [2.75, 3.05) is 34.5 Å². The highest BCUT2D eigenvalue weighted by Crippen LogP contribution is 2.37. The number of aliphatic hydroxyl groups excluding tert-OH is 1. The van der Waals surface area contributed by atoms with Crippen molar-refractivity contribution in [3.8, 4) is 22.6 Å². The van der Waals surface area contributed by atoms with Crippen LogP contribution in [0.15, 0.2) is 60.7 Å². The number of carbonyl (C=O) groups is 1. The average Bonchev–Trinajstić information content (AvgIpc) is 2.97. The van der Waals surface area contributed by atoms with Crippen LogP contribution in [-0.2, 0) is 16.1 Å². The molecule has 200 valence electrons. The maximum Gasteiger partial charge on any atom is 0.328 e. The predicted octanol–water partition coefficient (Wildman–Crippen LogP) is 5.74. The van der Waals surface area contributed by atoms with Crippen molar-refractivity contribution in [1.82, 2.24) is 4.90 Å². The highest BCUT2D eigenvalue weighted by molar-refractivity contribution is 5.81. The molecule has 1 aliphatic rings. The van der Waals surface area contributed by atoms with Gasteiger partial charge in [0.2, 0.25) is 0 Å². The van der Waals surface area contributed by atoms with E-state index in [0.717, 1.165) is 29.5 Å². The van der Waals surface area contributed by atoms with E-state index in [1.54, 1.807) is 14.2 Å². The maximum atomic E-state index is 12.7. The Kier molecular flexibility index (Phi) is 8.87. The Morgan fingerprint density at radius 1 is 0.974 bits per heavy atom. The standard InChI is InChI=1S/C32H37NO5/c1-23-25(13-10-14-27(23)26-11-6-5-7-12-26)16-15-24-19-29(36-2)28(30(20-24)37-3)21-33-18-9-8-17-32(33,22-34)31(35)38-4/h5-7,10-16,19-20,34H,8-9,17-18,21-22H2,1-4H3/b16-15+. The van der Waals surface area contributed by atoms with E-state index in [0.29, 0.717) is 31.0 Å². The Balaban J connectivity index is 1.66. The lowest BCUT2D eigenvalue weighted by molar-refractivity contribution is -0.162. The molecule has 0 radical (unpaired) electrons. The number of benzene rings is 3. The molecule has 38 heavy (non-hydrogen) atoms. The summed E-state index contributed by atoms with van der Waals surface area (Å²) in [5.41, 5.74) is 5.44. The molecule has 1 heterocycles. The van der Waals surface area contributed by atoms with Gasteiger partial charge >= 0.3 is 5.97 Å². The number of piperidine rings is 1. The molecule has 0 aromatic heterocycles. The Morgan fingerprint density at radius 3 is 2.32 bits per heavy atom. The van der Waals surface area contributed by atoms with Gasteiger partial charge in [0.15, 0.2) is 0 Å². The summed E-state index contributed by atoms with van der Waals surface area (Å²) in [6, 6.07) is 20.7. The van der Waals surface area contributed by atoms with E-state index in [1.807, 2.05) is 23.1 Å². The molecule has 1 N–H and O–H groups in total. The van der Waals surface area contributed by atoms with Crippen molar-refractivity contribution in [2.24, 2.45) is 0 Å². The van der Waals surface area contributed by atoms with Crippen LogP contribution in [0.5, 0.6) is 11.5 Å². The zero-order valence-corrected chi connectivity index (χ0v) is 22.7. The third kappa shape index (κ3) is 5.47. The van der Waals surface area contributed by atoms with Crippen molar-refractivity contribution in [3.63, 3.8) is 0 Å². The zero-order valence-electron chi connectivity index (χ0n) is 22.7. The minimum Gasteiger partial charge on any atom is -0.496 e.